The zero-order valence-corrected chi connectivity index (χ0v) is 9.58. The molecule has 1 aliphatic carbocycles. The molecular formula is C12H14O5. The molecule has 0 aromatic rings. The Kier molecular flexibility index (Phi) is 3.98. The van der Waals surface area contributed by atoms with Crippen molar-refractivity contribution in [1.29, 1.82) is 0 Å². The molecule has 0 spiro atoms. The minimum atomic E-state index is -1.69. The zero-order valence-electron chi connectivity index (χ0n) is 9.58. The van der Waals surface area contributed by atoms with Crippen LogP contribution in [0.1, 0.15) is 6.92 Å². The van der Waals surface area contributed by atoms with Gasteiger partial charge in [-0.05, 0) is 30.7 Å². The number of aliphatic hydroxyl groups is 1. The number of hydrogen-bond donors (Lipinski definition) is 2. The average Bonchev–Trinajstić information content (AvgIpc) is 2.27. The van der Waals surface area contributed by atoms with Gasteiger partial charge >= 0.3 is 5.97 Å². The lowest BCUT2D eigenvalue weighted by Crippen LogP contribution is -2.48. The largest absolute Gasteiger partial charge is 0.478 e. The fraction of sp³-hybridized carbons (Fsp3) is 0.333. The van der Waals surface area contributed by atoms with E-state index in [1.54, 1.807) is 0 Å². The van der Waals surface area contributed by atoms with E-state index in [0.717, 1.165) is 6.08 Å². The lowest BCUT2D eigenvalue weighted by atomic mass is 9.86. The molecule has 0 saturated heterocycles. The molecule has 0 heterocycles. The molecule has 2 unspecified atom stereocenters. The second-order valence-corrected chi connectivity index (χ2v) is 3.71. The number of aliphatic carboxylic acids is 1. The van der Waals surface area contributed by atoms with E-state index in [-0.39, 0.29) is 0 Å². The highest BCUT2D eigenvalue weighted by Crippen LogP contribution is 2.25. The molecule has 2 atom stereocenters. The summed E-state index contributed by atoms with van der Waals surface area (Å²) in [5, 5.41) is 18.5. The van der Waals surface area contributed by atoms with Crippen molar-refractivity contribution < 1.29 is 24.5 Å². The van der Waals surface area contributed by atoms with Crippen LogP contribution in [-0.2, 0) is 14.3 Å². The highest BCUT2D eigenvalue weighted by Gasteiger charge is 2.39. The molecule has 0 aliphatic heterocycles. The number of hydrogen-bond acceptors (Lipinski definition) is 4. The van der Waals surface area contributed by atoms with Gasteiger partial charge in [-0.25, -0.2) is 4.79 Å². The molecule has 1 rings (SSSR count). The van der Waals surface area contributed by atoms with Crippen LogP contribution in [0, 0.1) is 0 Å². The van der Waals surface area contributed by atoms with Crippen LogP contribution in [0.5, 0.6) is 0 Å². The van der Waals surface area contributed by atoms with Gasteiger partial charge in [0.25, 0.3) is 0 Å². The van der Waals surface area contributed by atoms with Crippen molar-refractivity contribution in [2.45, 2.75) is 18.6 Å². The van der Waals surface area contributed by atoms with Crippen molar-refractivity contribution in [3.8, 4) is 0 Å². The van der Waals surface area contributed by atoms with E-state index in [4.69, 9.17) is 9.84 Å². The van der Waals surface area contributed by atoms with Gasteiger partial charge in [-0.2, -0.15) is 0 Å². The zero-order chi connectivity index (χ0) is 13.1. The molecular weight excluding hydrogens is 224 g/mol. The average molecular weight is 238 g/mol. The molecule has 17 heavy (non-hydrogen) atoms. The van der Waals surface area contributed by atoms with Gasteiger partial charge in [0.15, 0.2) is 11.4 Å². The van der Waals surface area contributed by atoms with E-state index in [1.165, 1.54) is 38.3 Å². The Hall–Kier alpha value is -1.72. The van der Waals surface area contributed by atoms with Crippen LogP contribution >= 0.6 is 0 Å². The summed E-state index contributed by atoms with van der Waals surface area (Å²) < 4.78 is 5.03. The van der Waals surface area contributed by atoms with Crippen LogP contribution in [-0.4, -0.2) is 40.8 Å². The van der Waals surface area contributed by atoms with Crippen LogP contribution in [0.4, 0.5) is 0 Å². The molecule has 0 radical (unpaired) electrons. The van der Waals surface area contributed by atoms with Gasteiger partial charge in [0, 0.05) is 13.2 Å². The summed E-state index contributed by atoms with van der Waals surface area (Å²) in [6, 6.07) is 0. The number of carbonyl (C=O) groups excluding carboxylic acids is 1. The maximum absolute atomic E-state index is 11.3. The van der Waals surface area contributed by atoms with E-state index >= 15 is 0 Å². The highest BCUT2D eigenvalue weighted by atomic mass is 16.5. The Morgan fingerprint density at radius 3 is 2.65 bits per heavy atom. The summed E-state index contributed by atoms with van der Waals surface area (Å²) in [5.41, 5.74) is -1.12. The van der Waals surface area contributed by atoms with Crippen LogP contribution in [0.2, 0.25) is 0 Å². The van der Waals surface area contributed by atoms with Crippen molar-refractivity contribution in [2.75, 3.05) is 7.11 Å². The number of allylic oxidation sites excluding steroid dienone is 3. The normalized spacial score (nSPS) is 28.2. The smallest absolute Gasteiger partial charge is 0.328 e. The van der Waals surface area contributed by atoms with Crippen LogP contribution in [0.15, 0.2) is 36.0 Å². The SMILES string of the molecule is COC1C=C(/C=C/C(=O)O)C=CC1(O)C(C)=O. The standard InChI is InChI=1S/C12H14O5/c1-8(13)12(16)6-5-9(3-4-11(14)15)7-10(12)17-2/h3-7,10,16H,1-2H3,(H,14,15)/b4-3+. The summed E-state index contributed by atoms with van der Waals surface area (Å²) >= 11 is 0. The maximum Gasteiger partial charge on any atom is 0.328 e. The van der Waals surface area contributed by atoms with Gasteiger partial charge in [0.05, 0.1) is 0 Å². The Morgan fingerprint density at radius 2 is 2.18 bits per heavy atom. The molecule has 92 valence electrons. The van der Waals surface area contributed by atoms with Crippen molar-refractivity contribution in [1.82, 2.24) is 0 Å². The molecule has 0 aromatic heterocycles. The molecule has 0 saturated carbocycles. The Morgan fingerprint density at radius 1 is 1.53 bits per heavy atom. The number of rotatable bonds is 4. The van der Waals surface area contributed by atoms with Gasteiger partial charge in [-0.1, -0.05) is 6.08 Å². The topological polar surface area (TPSA) is 83.8 Å². The number of methoxy groups -OCH3 is 1. The van der Waals surface area contributed by atoms with E-state index in [9.17, 15) is 14.7 Å². The van der Waals surface area contributed by atoms with Crippen LogP contribution in [0.3, 0.4) is 0 Å². The first-order valence-corrected chi connectivity index (χ1v) is 4.98. The van der Waals surface area contributed by atoms with Crippen LogP contribution < -0.4 is 0 Å². The van der Waals surface area contributed by atoms with E-state index < -0.39 is 23.5 Å². The number of carboxylic acid groups (broad SMARTS) is 1. The molecule has 0 fully saturated rings. The number of ketones is 1. The van der Waals surface area contributed by atoms with Crippen molar-refractivity contribution in [3.63, 3.8) is 0 Å². The minimum Gasteiger partial charge on any atom is -0.478 e. The van der Waals surface area contributed by atoms with Crippen molar-refractivity contribution in [2.24, 2.45) is 0 Å². The van der Waals surface area contributed by atoms with Gasteiger partial charge in [-0.3, -0.25) is 4.79 Å². The number of Topliss-reactive ketones (excluding diaryl/α,β-unsaturated/α-hetero) is 1. The molecule has 2 N–H and O–H groups in total. The number of ether oxygens (including phenoxy) is 1. The molecule has 0 amide bonds. The third-order valence-corrected chi connectivity index (χ3v) is 2.54. The summed E-state index contributed by atoms with van der Waals surface area (Å²) in [7, 11) is 1.37. The summed E-state index contributed by atoms with van der Waals surface area (Å²) in [6.45, 7) is 1.27. The third kappa shape index (κ3) is 2.89. The Balaban J connectivity index is 2.98. The number of carboxylic acids is 1. The summed E-state index contributed by atoms with van der Waals surface area (Å²) in [4.78, 5) is 21.7. The first kappa shape index (κ1) is 13.3. The quantitative estimate of drug-likeness (QED) is 0.695. The summed E-state index contributed by atoms with van der Waals surface area (Å²) in [6.07, 6.45) is 5.81. The van der Waals surface area contributed by atoms with E-state index in [0.29, 0.717) is 5.57 Å². The van der Waals surface area contributed by atoms with Gasteiger partial charge in [-0.15, -0.1) is 0 Å². The van der Waals surface area contributed by atoms with Gasteiger partial charge in [0.2, 0.25) is 0 Å². The van der Waals surface area contributed by atoms with Crippen molar-refractivity contribution in [3.05, 3.63) is 36.0 Å². The molecule has 1 aliphatic rings. The van der Waals surface area contributed by atoms with Crippen molar-refractivity contribution >= 4 is 11.8 Å². The molecule has 5 nitrogen and oxygen atoms in total. The molecule has 5 heteroatoms. The Bertz CT molecular complexity index is 419. The summed E-state index contributed by atoms with van der Waals surface area (Å²) in [5.74, 6) is -1.50. The lowest BCUT2D eigenvalue weighted by molar-refractivity contribution is -0.139. The van der Waals surface area contributed by atoms with E-state index in [2.05, 4.69) is 0 Å². The first-order valence-electron chi connectivity index (χ1n) is 4.98. The Labute approximate surface area is 98.7 Å². The third-order valence-electron chi connectivity index (χ3n) is 2.54. The molecule has 0 aromatic carbocycles. The fourth-order valence-electron chi connectivity index (χ4n) is 1.52. The molecule has 0 bridgehead atoms. The number of carbonyl (C=O) groups is 2. The second-order valence-electron chi connectivity index (χ2n) is 3.71. The van der Waals surface area contributed by atoms with Gasteiger partial charge in [0.1, 0.15) is 6.10 Å². The fourth-order valence-corrected chi connectivity index (χ4v) is 1.52. The predicted molar refractivity (Wildman–Crippen MR) is 60.4 cm³/mol. The minimum absolute atomic E-state index is 0.432. The predicted octanol–water partition coefficient (Wildman–Crippen LogP) is 0.459. The van der Waals surface area contributed by atoms with Gasteiger partial charge < -0.3 is 14.9 Å². The van der Waals surface area contributed by atoms with E-state index in [1.807, 2.05) is 0 Å². The monoisotopic (exact) mass is 238 g/mol. The second kappa shape index (κ2) is 5.07. The maximum atomic E-state index is 11.3. The van der Waals surface area contributed by atoms with Crippen LogP contribution in [0.25, 0.3) is 0 Å². The lowest BCUT2D eigenvalue weighted by Gasteiger charge is -2.31. The first-order chi connectivity index (χ1) is 7.90. The highest BCUT2D eigenvalue weighted by molar-refractivity contribution is 5.89.